The second-order valence-electron chi connectivity index (χ2n) is 2.20. The van der Waals surface area contributed by atoms with Crippen LogP contribution in [0.15, 0.2) is 0 Å². The molecule has 1 aliphatic rings. The molecule has 1 rings (SSSR count). The zero-order chi connectivity index (χ0) is 6.85. The molecule has 4 heteroatoms. The summed E-state index contributed by atoms with van der Waals surface area (Å²) in [6.07, 6.45) is -0.669. The van der Waals surface area contributed by atoms with Crippen molar-refractivity contribution in [2.75, 3.05) is 6.54 Å². The predicted molar refractivity (Wildman–Crippen MR) is 30.5 cm³/mol. The van der Waals surface area contributed by atoms with Crippen molar-refractivity contribution in [2.45, 2.75) is 18.6 Å². The fraction of sp³-hybridized carbons (Fsp3) is 0.800. The van der Waals surface area contributed by atoms with Gasteiger partial charge >= 0.3 is 0 Å². The number of amides is 1. The lowest BCUT2D eigenvalue weighted by Gasteiger charge is -2.00. The van der Waals surface area contributed by atoms with Crippen LogP contribution in [0.4, 0.5) is 4.39 Å². The van der Waals surface area contributed by atoms with Crippen LogP contribution in [0, 0.1) is 0 Å². The summed E-state index contributed by atoms with van der Waals surface area (Å²) < 4.78 is 12.3. The Hall–Kier alpha value is -0.640. The van der Waals surface area contributed by atoms with E-state index in [0.717, 1.165) is 0 Å². The first-order chi connectivity index (χ1) is 4.20. The molecule has 52 valence electrons. The highest BCUT2D eigenvalue weighted by atomic mass is 19.1. The smallest absolute Gasteiger partial charge is 0.234 e. The van der Waals surface area contributed by atoms with E-state index in [2.05, 4.69) is 5.32 Å². The first kappa shape index (κ1) is 6.48. The van der Waals surface area contributed by atoms with Crippen LogP contribution < -0.4 is 11.1 Å². The minimum Gasteiger partial charge on any atom is -0.368 e. The highest BCUT2D eigenvalue weighted by Gasteiger charge is 2.26. The van der Waals surface area contributed by atoms with Crippen LogP contribution in [0.5, 0.6) is 0 Å². The molecule has 1 heterocycles. The van der Waals surface area contributed by atoms with Crippen molar-refractivity contribution in [2.24, 2.45) is 5.73 Å². The normalized spacial score (nSPS) is 34.8. The van der Waals surface area contributed by atoms with E-state index in [4.69, 9.17) is 5.73 Å². The van der Waals surface area contributed by atoms with Crippen LogP contribution >= 0.6 is 0 Å². The van der Waals surface area contributed by atoms with E-state index < -0.39 is 18.1 Å². The largest absolute Gasteiger partial charge is 0.368 e. The first-order valence-corrected chi connectivity index (χ1v) is 2.87. The summed E-state index contributed by atoms with van der Waals surface area (Å²) in [5.74, 6) is -0.463. The molecule has 0 saturated carbocycles. The van der Waals surface area contributed by atoms with E-state index in [1.165, 1.54) is 0 Å². The van der Waals surface area contributed by atoms with Gasteiger partial charge in [0.25, 0.3) is 0 Å². The number of hydrogen-bond acceptors (Lipinski definition) is 2. The summed E-state index contributed by atoms with van der Waals surface area (Å²) >= 11 is 0. The average molecular weight is 132 g/mol. The third kappa shape index (κ3) is 1.38. The molecule has 0 aromatic rings. The van der Waals surface area contributed by atoms with Crippen LogP contribution in [0.3, 0.4) is 0 Å². The maximum Gasteiger partial charge on any atom is 0.234 e. The number of carbonyl (C=O) groups is 1. The van der Waals surface area contributed by atoms with Crippen LogP contribution in [0.25, 0.3) is 0 Å². The van der Waals surface area contributed by atoms with Gasteiger partial charge in [0.15, 0.2) is 0 Å². The Morgan fingerprint density at radius 2 is 2.44 bits per heavy atom. The van der Waals surface area contributed by atoms with Gasteiger partial charge < -0.3 is 11.1 Å². The predicted octanol–water partition coefficient (Wildman–Crippen LogP) is -0.828. The quantitative estimate of drug-likeness (QED) is 0.489. The molecule has 9 heavy (non-hydrogen) atoms. The van der Waals surface area contributed by atoms with E-state index in [-0.39, 0.29) is 13.0 Å². The van der Waals surface area contributed by atoms with Crippen LogP contribution in [0.2, 0.25) is 0 Å². The lowest BCUT2D eigenvalue weighted by atomic mass is 10.2. The van der Waals surface area contributed by atoms with Gasteiger partial charge in [0, 0.05) is 13.0 Å². The summed E-state index contributed by atoms with van der Waals surface area (Å²) in [4.78, 5) is 10.3. The van der Waals surface area contributed by atoms with E-state index in [1.807, 2.05) is 0 Å². The van der Waals surface area contributed by atoms with Gasteiger partial charge in [-0.15, -0.1) is 0 Å². The van der Waals surface area contributed by atoms with Gasteiger partial charge in [-0.25, -0.2) is 4.39 Å². The first-order valence-electron chi connectivity index (χ1n) is 2.87. The number of primary amides is 1. The van der Waals surface area contributed by atoms with Crippen LogP contribution in [-0.2, 0) is 4.79 Å². The summed E-state index contributed by atoms with van der Waals surface area (Å²) in [5.41, 5.74) is 4.89. The number of hydrogen-bond donors (Lipinski definition) is 2. The maximum absolute atomic E-state index is 12.3. The van der Waals surface area contributed by atoms with E-state index in [1.54, 1.807) is 0 Å². The molecule has 3 N–H and O–H groups in total. The van der Waals surface area contributed by atoms with Gasteiger partial charge in [-0.2, -0.15) is 0 Å². The Labute approximate surface area is 52.4 Å². The van der Waals surface area contributed by atoms with E-state index in [0.29, 0.717) is 0 Å². The SMILES string of the molecule is NC(=O)[C@@H]1C[C@H](F)CN1. The van der Waals surface area contributed by atoms with Gasteiger partial charge in [-0.1, -0.05) is 0 Å². The van der Waals surface area contributed by atoms with Crippen molar-refractivity contribution in [3.8, 4) is 0 Å². The highest BCUT2D eigenvalue weighted by molar-refractivity contribution is 5.80. The van der Waals surface area contributed by atoms with Gasteiger partial charge in [-0.3, -0.25) is 4.79 Å². The zero-order valence-electron chi connectivity index (χ0n) is 4.93. The second-order valence-corrected chi connectivity index (χ2v) is 2.20. The van der Waals surface area contributed by atoms with Gasteiger partial charge in [0.05, 0.1) is 6.04 Å². The van der Waals surface area contributed by atoms with Crippen molar-refractivity contribution >= 4 is 5.91 Å². The number of nitrogens with two attached hydrogens (primary N) is 1. The zero-order valence-corrected chi connectivity index (χ0v) is 4.93. The molecule has 0 radical (unpaired) electrons. The summed E-state index contributed by atoms with van der Waals surface area (Å²) in [5, 5.41) is 2.66. The standard InChI is InChI=1S/C5H9FN2O/c6-3-1-4(5(7)9)8-2-3/h3-4,8H,1-2H2,(H2,7,9)/t3-,4-/m0/s1. The van der Waals surface area contributed by atoms with E-state index >= 15 is 0 Å². The minimum absolute atomic E-state index is 0.231. The van der Waals surface area contributed by atoms with E-state index in [9.17, 15) is 9.18 Å². The molecule has 3 nitrogen and oxygen atoms in total. The number of halogens is 1. The summed E-state index contributed by atoms with van der Waals surface area (Å²) in [6, 6.07) is -0.444. The molecule has 0 aromatic carbocycles. The third-order valence-electron chi connectivity index (χ3n) is 1.42. The monoisotopic (exact) mass is 132 g/mol. The van der Waals surface area contributed by atoms with Crippen molar-refractivity contribution in [3.63, 3.8) is 0 Å². The van der Waals surface area contributed by atoms with Crippen LogP contribution in [0.1, 0.15) is 6.42 Å². The lowest BCUT2D eigenvalue weighted by Crippen LogP contribution is -2.36. The third-order valence-corrected chi connectivity index (χ3v) is 1.42. The number of nitrogens with one attached hydrogen (secondary N) is 1. The minimum atomic E-state index is -0.900. The highest BCUT2D eigenvalue weighted by Crippen LogP contribution is 2.08. The molecule has 1 saturated heterocycles. The Kier molecular flexibility index (Phi) is 1.66. The summed E-state index contributed by atoms with van der Waals surface area (Å²) in [6.45, 7) is 0.258. The molecular formula is C5H9FN2O. The average Bonchev–Trinajstić information content (AvgIpc) is 2.14. The Morgan fingerprint density at radius 3 is 2.67 bits per heavy atom. The van der Waals surface area contributed by atoms with Crippen molar-refractivity contribution in [3.05, 3.63) is 0 Å². The Bertz CT molecular complexity index is 128. The fourth-order valence-corrected chi connectivity index (χ4v) is 0.909. The molecule has 1 aliphatic heterocycles. The number of rotatable bonds is 1. The van der Waals surface area contributed by atoms with Gasteiger partial charge in [0.2, 0.25) is 5.91 Å². The number of alkyl halides is 1. The molecule has 0 bridgehead atoms. The van der Waals surface area contributed by atoms with Crippen molar-refractivity contribution in [1.29, 1.82) is 0 Å². The van der Waals surface area contributed by atoms with Crippen molar-refractivity contribution in [1.82, 2.24) is 5.32 Å². The van der Waals surface area contributed by atoms with Crippen LogP contribution in [-0.4, -0.2) is 24.7 Å². The molecule has 0 aliphatic carbocycles. The van der Waals surface area contributed by atoms with Crippen molar-refractivity contribution < 1.29 is 9.18 Å². The van der Waals surface area contributed by atoms with Gasteiger partial charge in [0.1, 0.15) is 6.17 Å². The second kappa shape index (κ2) is 2.31. The topological polar surface area (TPSA) is 55.1 Å². The molecule has 1 amide bonds. The Balaban J connectivity index is 2.39. The molecule has 2 atom stereocenters. The fourth-order valence-electron chi connectivity index (χ4n) is 0.909. The summed E-state index contributed by atoms with van der Waals surface area (Å²) in [7, 11) is 0. The molecule has 0 unspecified atom stereocenters. The molecule has 0 spiro atoms. The molecular weight excluding hydrogens is 123 g/mol. The lowest BCUT2D eigenvalue weighted by molar-refractivity contribution is -0.119. The van der Waals surface area contributed by atoms with Gasteiger partial charge in [-0.05, 0) is 0 Å². The Morgan fingerprint density at radius 1 is 1.78 bits per heavy atom. The maximum atomic E-state index is 12.3. The molecule has 0 aromatic heterocycles. The number of carbonyl (C=O) groups excluding carboxylic acids is 1. The molecule has 1 fully saturated rings.